The van der Waals surface area contributed by atoms with Crippen molar-refractivity contribution in [1.82, 2.24) is 14.5 Å². The Kier molecular flexibility index (Phi) is 8.71. The Balaban J connectivity index is 1.23. The van der Waals surface area contributed by atoms with E-state index in [1.807, 2.05) is 6.07 Å². The molecule has 36 heavy (non-hydrogen) atoms. The van der Waals surface area contributed by atoms with Gasteiger partial charge < -0.3 is 10.2 Å². The van der Waals surface area contributed by atoms with E-state index in [1.54, 1.807) is 0 Å². The van der Waals surface area contributed by atoms with Gasteiger partial charge in [0, 0.05) is 32.2 Å². The standard InChI is InChI=1S/C26H34N4O5S/c31-26(27-14-18-28-16-12-22(13-17-28)19-21-7-2-1-3-8-21)23-9-6-15-29(20-23)36(34,35)25-11-5-4-10-24(25)30(32)33/h1-5,7-8,10-11,22-23H,6,9,12-20H2,(H,27,31). The summed E-state index contributed by atoms with van der Waals surface area (Å²) in [5, 5.41) is 14.3. The summed E-state index contributed by atoms with van der Waals surface area (Å²) in [5.41, 5.74) is 0.935. The molecule has 1 atom stereocenters. The SMILES string of the molecule is O=C(NCCN1CCC(Cc2ccccc2)CC1)C1CCCN(S(=O)(=O)c2ccccc2[N+](=O)[O-])C1. The molecule has 10 heteroatoms. The Morgan fingerprint density at radius 3 is 2.42 bits per heavy atom. The number of nitro benzene ring substituents is 1. The molecular weight excluding hydrogens is 480 g/mol. The predicted molar refractivity (Wildman–Crippen MR) is 137 cm³/mol. The first-order valence-electron chi connectivity index (χ1n) is 12.6. The van der Waals surface area contributed by atoms with E-state index < -0.39 is 26.6 Å². The van der Waals surface area contributed by atoms with E-state index in [9.17, 15) is 23.3 Å². The zero-order chi connectivity index (χ0) is 25.5. The number of hydrogen-bond donors (Lipinski definition) is 1. The normalized spacial score (nSPS) is 20.2. The van der Waals surface area contributed by atoms with Gasteiger partial charge in [-0.15, -0.1) is 0 Å². The number of sulfonamides is 1. The van der Waals surface area contributed by atoms with E-state index in [-0.39, 0.29) is 23.9 Å². The van der Waals surface area contributed by atoms with Gasteiger partial charge in [0.15, 0.2) is 4.90 Å². The summed E-state index contributed by atoms with van der Waals surface area (Å²) < 4.78 is 27.5. The fourth-order valence-corrected chi connectivity index (χ4v) is 6.86. The van der Waals surface area contributed by atoms with Crippen molar-refractivity contribution < 1.29 is 18.1 Å². The van der Waals surface area contributed by atoms with Crippen LogP contribution in [0.25, 0.3) is 0 Å². The third kappa shape index (κ3) is 6.48. The Hall–Kier alpha value is -2.82. The molecule has 2 aromatic rings. The summed E-state index contributed by atoms with van der Waals surface area (Å²) in [6.45, 7) is 3.60. The number of piperidine rings is 2. The lowest BCUT2D eigenvalue weighted by Gasteiger charge is -2.33. The fourth-order valence-electron chi connectivity index (χ4n) is 5.18. The van der Waals surface area contributed by atoms with Gasteiger partial charge in [0.2, 0.25) is 15.9 Å². The summed E-state index contributed by atoms with van der Waals surface area (Å²) in [7, 11) is -4.07. The van der Waals surface area contributed by atoms with Crippen LogP contribution in [0.4, 0.5) is 5.69 Å². The maximum atomic E-state index is 13.1. The van der Waals surface area contributed by atoms with Crippen LogP contribution in [0.5, 0.6) is 0 Å². The highest BCUT2D eigenvalue weighted by Crippen LogP contribution is 2.29. The van der Waals surface area contributed by atoms with E-state index in [2.05, 4.69) is 34.5 Å². The first-order valence-corrected chi connectivity index (χ1v) is 14.1. The molecule has 0 spiro atoms. The van der Waals surface area contributed by atoms with Crippen LogP contribution in [0.1, 0.15) is 31.2 Å². The fraction of sp³-hybridized carbons (Fsp3) is 0.500. The Bertz CT molecular complexity index is 1150. The van der Waals surface area contributed by atoms with Gasteiger partial charge in [-0.05, 0) is 62.7 Å². The molecule has 1 N–H and O–H groups in total. The lowest BCUT2D eigenvalue weighted by molar-refractivity contribution is -0.387. The highest BCUT2D eigenvalue weighted by atomic mass is 32.2. The van der Waals surface area contributed by atoms with Gasteiger partial charge in [-0.25, -0.2) is 8.42 Å². The number of carbonyl (C=O) groups is 1. The quantitative estimate of drug-likeness (QED) is 0.407. The molecule has 0 bridgehead atoms. The number of hydrogen-bond acceptors (Lipinski definition) is 6. The summed E-state index contributed by atoms with van der Waals surface area (Å²) in [4.78, 5) is 25.5. The van der Waals surface area contributed by atoms with Crippen molar-refractivity contribution in [2.45, 2.75) is 37.0 Å². The second kappa shape index (κ2) is 11.9. The maximum Gasteiger partial charge on any atom is 0.289 e. The number of nitrogens with zero attached hydrogens (tertiary/aromatic N) is 3. The number of likely N-dealkylation sites (tertiary alicyclic amines) is 1. The molecule has 0 aliphatic carbocycles. The van der Waals surface area contributed by atoms with Gasteiger partial charge in [0.1, 0.15) is 0 Å². The second-order valence-corrected chi connectivity index (χ2v) is 11.6. The van der Waals surface area contributed by atoms with Gasteiger partial charge in [-0.3, -0.25) is 14.9 Å². The minimum atomic E-state index is -4.07. The summed E-state index contributed by atoms with van der Waals surface area (Å²) in [6, 6.07) is 15.9. The van der Waals surface area contributed by atoms with Crippen LogP contribution in [-0.2, 0) is 21.2 Å². The zero-order valence-corrected chi connectivity index (χ0v) is 21.2. The lowest BCUT2D eigenvalue weighted by atomic mass is 9.90. The van der Waals surface area contributed by atoms with Crippen molar-refractivity contribution in [2.24, 2.45) is 11.8 Å². The van der Waals surface area contributed by atoms with Crippen molar-refractivity contribution in [2.75, 3.05) is 39.3 Å². The molecule has 2 heterocycles. The number of benzene rings is 2. The van der Waals surface area contributed by atoms with Gasteiger partial charge in [-0.2, -0.15) is 4.31 Å². The van der Waals surface area contributed by atoms with E-state index in [0.29, 0.717) is 25.3 Å². The topological polar surface area (TPSA) is 113 Å². The molecule has 1 unspecified atom stereocenters. The minimum Gasteiger partial charge on any atom is -0.355 e. The van der Waals surface area contributed by atoms with Crippen LogP contribution >= 0.6 is 0 Å². The van der Waals surface area contributed by atoms with Crippen LogP contribution in [0.3, 0.4) is 0 Å². The predicted octanol–water partition coefficient (Wildman–Crippen LogP) is 3.07. The summed E-state index contributed by atoms with van der Waals surface area (Å²) >= 11 is 0. The minimum absolute atomic E-state index is 0.0328. The molecule has 0 aromatic heterocycles. The van der Waals surface area contributed by atoms with Crippen LogP contribution in [-0.4, -0.2) is 67.7 Å². The first-order chi connectivity index (χ1) is 17.3. The average molecular weight is 515 g/mol. The molecule has 2 aliphatic heterocycles. The molecule has 0 saturated carbocycles. The summed E-state index contributed by atoms with van der Waals surface area (Å²) in [5.74, 6) is 0.0678. The van der Waals surface area contributed by atoms with Gasteiger partial charge in [0.05, 0.1) is 10.8 Å². The lowest BCUT2D eigenvalue weighted by Crippen LogP contribution is -2.47. The molecule has 194 valence electrons. The van der Waals surface area contributed by atoms with Gasteiger partial charge in [-0.1, -0.05) is 42.5 Å². The third-order valence-electron chi connectivity index (χ3n) is 7.24. The number of nitrogens with one attached hydrogen (secondary N) is 1. The van der Waals surface area contributed by atoms with Crippen LogP contribution in [0, 0.1) is 22.0 Å². The van der Waals surface area contributed by atoms with Gasteiger partial charge >= 0.3 is 0 Å². The van der Waals surface area contributed by atoms with Crippen LogP contribution in [0.15, 0.2) is 59.5 Å². The molecule has 2 aromatic carbocycles. The van der Waals surface area contributed by atoms with Crippen molar-refractivity contribution in [3.8, 4) is 0 Å². The molecule has 2 aliphatic rings. The largest absolute Gasteiger partial charge is 0.355 e. The van der Waals surface area contributed by atoms with E-state index in [1.165, 1.54) is 34.1 Å². The van der Waals surface area contributed by atoms with Crippen molar-refractivity contribution in [3.63, 3.8) is 0 Å². The van der Waals surface area contributed by atoms with Crippen LogP contribution < -0.4 is 5.32 Å². The molecule has 1 amide bonds. The number of rotatable bonds is 9. The molecular formula is C26H34N4O5S. The number of para-hydroxylation sites is 1. The molecule has 9 nitrogen and oxygen atoms in total. The van der Waals surface area contributed by atoms with E-state index in [0.717, 1.165) is 38.9 Å². The van der Waals surface area contributed by atoms with E-state index >= 15 is 0 Å². The second-order valence-electron chi connectivity index (χ2n) is 9.69. The third-order valence-corrected chi connectivity index (χ3v) is 9.15. The Morgan fingerprint density at radius 1 is 1.00 bits per heavy atom. The molecule has 0 radical (unpaired) electrons. The highest BCUT2D eigenvalue weighted by Gasteiger charge is 2.36. The molecule has 2 saturated heterocycles. The maximum absolute atomic E-state index is 13.1. The average Bonchev–Trinajstić information content (AvgIpc) is 2.90. The first kappa shape index (κ1) is 26.2. The molecule has 2 fully saturated rings. The Morgan fingerprint density at radius 2 is 1.69 bits per heavy atom. The zero-order valence-electron chi connectivity index (χ0n) is 20.4. The molecule has 4 rings (SSSR count). The number of carbonyl (C=O) groups excluding carboxylic acids is 1. The van der Waals surface area contributed by atoms with Crippen molar-refractivity contribution >= 4 is 21.6 Å². The number of nitro groups is 1. The smallest absolute Gasteiger partial charge is 0.289 e. The summed E-state index contributed by atoms with van der Waals surface area (Å²) in [6.07, 6.45) is 4.53. The van der Waals surface area contributed by atoms with Crippen LogP contribution in [0.2, 0.25) is 0 Å². The highest BCUT2D eigenvalue weighted by molar-refractivity contribution is 7.89. The van der Waals surface area contributed by atoms with Crippen molar-refractivity contribution in [1.29, 1.82) is 0 Å². The Labute approximate surface area is 212 Å². The number of amides is 1. The van der Waals surface area contributed by atoms with Crippen molar-refractivity contribution in [3.05, 3.63) is 70.3 Å². The monoisotopic (exact) mass is 514 g/mol. The van der Waals surface area contributed by atoms with Gasteiger partial charge in [0.25, 0.3) is 5.69 Å². The van der Waals surface area contributed by atoms with E-state index in [4.69, 9.17) is 0 Å².